The van der Waals surface area contributed by atoms with E-state index >= 15 is 0 Å². The molecular weight excluding hydrogens is 655 g/mol. The summed E-state index contributed by atoms with van der Waals surface area (Å²) in [6.45, 7) is 0. The molecule has 0 saturated heterocycles. The Bertz CT molecular complexity index is 2960. The summed E-state index contributed by atoms with van der Waals surface area (Å²) in [7, 11) is 0. The largest absolute Gasteiger partial charge is 0.454 e. The first-order valence-corrected chi connectivity index (χ1v) is 18.8. The molecular formula is C52H35NO. The highest BCUT2D eigenvalue weighted by molar-refractivity contribution is 6.14. The Morgan fingerprint density at radius 1 is 0.444 bits per heavy atom. The van der Waals surface area contributed by atoms with E-state index in [4.69, 9.17) is 4.42 Å². The highest BCUT2D eigenvalue weighted by Gasteiger charge is 2.23. The minimum Gasteiger partial charge on any atom is -0.454 e. The molecule has 54 heavy (non-hydrogen) atoms. The van der Waals surface area contributed by atoms with Crippen LogP contribution >= 0.6 is 0 Å². The van der Waals surface area contributed by atoms with Crippen molar-refractivity contribution in [1.82, 2.24) is 4.57 Å². The quantitative estimate of drug-likeness (QED) is 0.176. The van der Waals surface area contributed by atoms with Gasteiger partial charge in [0.25, 0.3) is 0 Å². The Morgan fingerprint density at radius 2 is 1.06 bits per heavy atom. The molecule has 0 fully saturated rings. The fraction of sp³-hybridized carbons (Fsp3) is 0.0385. The van der Waals surface area contributed by atoms with Gasteiger partial charge in [0.05, 0.1) is 16.7 Å². The Morgan fingerprint density at radius 3 is 1.74 bits per heavy atom. The van der Waals surface area contributed by atoms with Gasteiger partial charge in [-0.3, -0.25) is 0 Å². The van der Waals surface area contributed by atoms with Gasteiger partial charge >= 0.3 is 0 Å². The van der Waals surface area contributed by atoms with Crippen LogP contribution in [0.3, 0.4) is 0 Å². The maximum Gasteiger partial charge on any atom is 0.159 e. The number of para-hydroxylation sites is 1. The number of benzene rings is 8. The van der Waals surface area contributed by atoms with E-state index in [1.54, 1.807) is 0 Å². The summed E-state index contributed by atoms with van der Waals surface area (Å²) in [5, 5.41) is 4.68. The molecule has 0 bridgehead atoms. The number of hydrogen-bond acceptors (Lipinski definition) is 1. The Balaban J connectivity index is 1.10. The molecule has 0 N–H and O–H groups in total. The van der Waals surface area contributed by atoms with E-state index in [2.05, 4.69) is 199 Å². The van der Waals surface area contributed by atoms with E-state index in [0.29, 0.717) is 5.92 Å². The molecule has 2 nitrogen and oxygen atoms in total. The molecule has 1 unspecified atom stereocenters. The fourth-order valence-corrected chi connectivity index (χ4v) is 8.74. The molecule has 2 heterocycles. The number of furan rings is 1. The maximum atomic E-state index is 6.97. The van der Waals surface area contributed by atoms with Crippen LogP contribution < -0.4 is 0 Å². The number of allylic oxidation sites excluding steroid dienone is 1. The Labute approximate surface area is 313 Å². The lowest BCUT2D eigenvalue weighted by molar-refractivity contribution is 0.666. The molecule has 1 aliphatic rings. The van der Waals surface area contributed by atoms with Gasteiger partial charge in [0.15, 0.2) is 5.58 Å². The van der Waals surface area contributed by atoms with Crippen LogP contribution in [0.2, 0.25) is 0 Å². The third-order valence-corrected chi connectivity index (χ3v) is 11.4. The number of fused-ring (bicyclic) bond motifs is 7. The average molecular weight is 690 g/mol. The Hall–Kier alpha value is -6.90. The van der Waals surface area contributed by atoms with Crippen LogP contribution in [0.15, 0.2) is 199 Å². The summed E-state index contributed by atoms with van der Waals surface area (Å²) in [5.41, 5.74) is 16.4. The monoisotopic (exact) mass is 689 g/mol. The summed E-state index contributed by atoms with van der Waals surface area (Å²) >= 11 is 0. The van der Waals surface area contributed by atoms with Gasteiger partial charge in [-0.2, -0.15) is 0 Å². The van der Waals surface area contributed by atoms with Crippen molar-refractivity contribution in [1.29, 1.82) is 0 Å². The van der Waals surface area contributed by atoms with Crippen molar-refractivity contribution >= 4 is 49.3 Å². The molecule has 8 aromatic carbocycles. The van der Waals surface area contributed by atoms with Crippen molar-refractivity contribution in [2.24, 2.45) is 0 Å². The maximum absolute atomic E-state index is 6.97. The van der Waals surface area contributed by atoms with Gasteiger partial charge in [0.1, 0.15) is 5.58 Å². The van der Waals surface area contributed by atoms with Crippen LogP contribution in [-0.4, -0.2) is 4.57 Å². The van der Waals surface area contributed by atoms with E-state index in [9.17, 15) is 0 Å². The van der Waals surface area contributed by atoms with Crippen molar-refractivity contribution in [3.05, 3.63) is 216 Å². The van der Waals surface area contributed by atoms with Gasteiger partial charge in [-0.1, -0.05) is 152 Å². The fourth-order valence-electron chi connectivity index (χ4n) is 8.74. The number of aromatic nitrogens is 1. The molecule has 0 aliphatic heterocycles. The predicted molar refractivity (Wildman–Crippen MR) is 225 cm³/mol. The molecule has 1 atom stereocenters. The van der Waals surface area contributed by atoms with E-state index in [1.807, 2.05) is 0 Å². The van der Waals surface area contributed by atoms with Crippen molar-refractivity contribution in [2.75, 3.05) is 0 Å². The minimum atomic E-state index is 0.314. The van der Waals surface area contributed by atoms with E-state index in [1.165, 1.54) is 60.9 Å². The standard InChI is InChI=1S/C52H35NO/c1-4-13-34(14-5-1)37-24-27-48-46(30-37)47-31-38(35-15-6-2-7-16-35)25-28-49(47)53(48)50-22-12-21-44-43-26-23-40(33-51(43)54-52(44)50)45-32-41(36-17-8-3-9-18-36)29-39-19-10-11-20-42(39)45/h1-28,30-33,41H,29H2. The van der Waals surface area contributed by atoms with Crippen molar-refractivity contribution < 1.29 is 4.42 Å². The molecule has 0 amide bonds. The molecule has 0 spiro atoms. The number of rotatable bonds is 5. The van der Waals surface area contributed by atoms with E-state index < -0.39 is 0 Å². The second-order valence-electron chi connectivity index (χ2n) is 14.5. The van der Waals surface area contributed by atoms with E-state index in [-0.39, 0.29) is 0 Å². The number of hydrogen-bond donors (Lipinski definition) is 0. The Kier molecular flexibility index (Phi) is 7.03. The normalized spacial score (nSPS) is 14.1. The van der Waals surface area contributed by atoms with Gasteiger partial charge in [0, 0.05) is 27.5 Å². The van der Waals surface area contributed by atoms with Gasteiger partial charge in [-0.25, -0.2) is 0 Å². The third kappa shape index (κ3) is 4.95. The van der Waals surface area contributed by atoms with E-state index in [0.717, 1.165) is 45.1 Å². The highest BCUT2D eigenvalue weighted by atomic mass is 16.3. The summed E-state index contributed by atoms with van der Waals surface area (Å²) < 4.78 is 9.37. The zero-order chi connectivity index (χ0) is 35.6. The molecule has 10 aromatic rings. The van der Waals surface area contributed by atoms with Crippen LogP contribution in [0.4, 0.5) is 0 Å². The zero-order valence-electron chi connectivity index (χ0n) is 29.6. The molecule has 2 aromatic heterocycles. The smallest absolute Gasteiger partial charge is 0.159 e. The molecule has 0 radical (unpaired) electrons. The number of nitrogens with zero attached hydrogens (tertiary/aromatic N) is 1. The molecule has 254 valence electrons. The lowest BCUT2D eigenvalue weighted by atomic mass is 9.79. The van der Waals surface area contributed by atoms with Crippen molar-refractivity contribution in [3.8, 4) is 27.9 Å². The summed E-state index contributed by atoms with van der Waals surface area (Å²) in [6.07, 6.45) is 3.46. The molecule has 1 aliphatic carbocycles. The van der Waals surface area contributed by atoms with Gasteiger partial charge < -0.3 is 8.98 Å². The van der Waals surface area contributed by atoms with Crippen LogP contribution in [0, 0.1) is 0 Å². The van der Waals surface area contributed by atoms with Gasteiger partial charge in [-0.05, 0) is 99.0 Å². The van der Waals surface area contributed by atoms with Crippen LogP contribution in [0.25, 0.3) is 77.3 Å². The lowest BCUT2D eigenvalue weighted by Gasteiger charge is -2.25. The SMILES string of the molecule is C1=C(c2ccc3c(c2)oc2c(-n4c5ccc(-c6ccccc6)cc5c5cc(-c6ccccc6)ccc54)cccc23)c2ccccc2CC1c1ccccc1. The van der Waals surface area contributed by atoms with Gasteiger partial charge in [-0.15, -0.1) is 0 Å². The predicted octanol–water partition coefficient (Wildman–Crippen LogP) is 13.8. The van der Waals surface area contributed by atoms with Gasteiger partial charge in [0.2, 0.25) is 0 Å². The summed E-state index contributed by atoms with van der Waals surface area (Å²) in [6, 6.07) is 68.1. The first kappa shape index (κ1) is 30.7. The first-order chi connectivity index (χ1) is 26.8. The lowest BCUT2D eigenvalue weighted by Crippen LogP contribution is -2.09. The highest BCUT2D eigenvalue weighted by Crippen LogP contribution is 2.43. The van der Waals surface area contributed by atoms with Crippen molar-refractivity contribution in [3.63, 3.8) is 0 Å². The molecule has 2 heteroatoms. The van der Waals surface area contributed by atoms with Crippen LogP contribution in [0.5, 0.6) is 0 Å². The van der Waals surface area contributed by atoms with Crippen LogP contribution in [-0.2, 0) is 6.42 Å². The summed E-state index contributed by atoms with van der Waals surface area (Å²) in [5.74, 6) is 0.314. The minimum absolute atomic E-state index is 0.314. The topological polar surface area (TPSA) is 18.1 Å². The molecule has 0 saturated carbocycles. The second-order valence-corrected chi connectivity index (χ2v) is 14.5. The second kappa shape index (κ2) is 12.4. The third-order valence-electron chi connectivity index (χ3n) is 11.4. The summed E-state index contributed by atoms with van der Waals surface area (Å²) in [4.78, 5) is 0. The molecule has 11 rings (SSSR count). The zero-order valence-corrected chi connectivity index (χ0v) is 29.6. The van der Waals surface area contributed by atoms with Crippen LogP contribution in [0.1, 0.15) is 28.2 Å². The first-order valence-electron chi connectivity index (χ1n) is 18.8. The van der Waals surface area contributed by atoms with Crippen molar-refractivity contribution in [2.45, 2.75) is 12.3 Å². The average Bonchev–Trinajstić information content (AvgIpc) is 3.79.